The molecule has 0 spiro atoms. The molecular formula is C15H21ClN4O. The van der Waals surface area contributed by atoms with Crippen LogP contribution in [0.3, 0.4) is 0 Å². The first-order chi connectivity index (χ1) is 10.3. The molecule has 2 aromatic rings. The van der Waals surface area contributed by atoms with Crippen molar-refractivity contribution in [2.24, 2.45) is 5.92 Å². The van der Waals surface area contributed by atoms with Crippen molar-refractivity contribution < 1.29 is 4.74 Å². The predicted octanol–water partition coefficient (Wildman–Crippen LogP) is 3.37. The molecule has 2 aromatic heterocycles. The minimum absolute atomic E-state index is 0.385. The van der Waals surface area contributed by atoms with E-state index in [0.29, 0.717) is 23.7 Å². The minimum atomic E-state index is 0.385. The van der Waals surface area contributed by atoms with E-state index in [1.54, 1.807) is 13.4 Å². The molecule has 5 nitrogen and oxygen atoms in total. The zero-order chi connectivity index (χ0) is 14.8. The lowest BCUT2D eigenvalue weighted by Gasteiger charge is -2.22. The average molecular weight is 309 g/mol. The molecule has 0 aromatic carbocycles. The van der Waals surface area contributed by atoms with E-state index < -0.39 is 0 Å². The molecule has 1 aliphatic rings. The highest BCUT2D eigenvalue weighted by atomic mass is 35.5. The molecule has 0 saturated heterocycles. The highest BCUT2D eigenvalue weighted by Crippen LogP contribution is 2.37. The van der Waals surface area contributed by atoms with Gasteiger partial charge in [-0.15, -0.1) is 11.6 Å². The van der Waals surface area contributed by atoms with E-state index in [9.17, 15) is 0 Å². The smallest absolute Gasteiger partial charge is 0.245 e. The van der Waals surface area contributed by atoms with Gasteiger partial charge in [-0.05, 0) is 25.7 Å². The lowest BCUT2D eigenvalue weighted by molar-refractivity contribution is 0.359. The Hall–Kier alpha value is -1.36. The lowest BCUT2D eigenvalue weighted by Crippen LogP contribution is -2.17. The summed E-state index contributed by atoms with van der Waals surface area (Å²) in [5, 5.41) is 0. The van der Waals surface area contributed by atoms with E-state index >= 15 is 0 Å². The Morgan fingerprint density at radius 3 is 2.81 bits per heavy atom. The molecule has 6 heteroatoms. The van der Waals surface area contributed by atoms with E-state index in [1.165, 1.54) is 25.7 Å². The number of ether oxygens (including phenoxy) is 1. The number of rotatable bonds is 5. The molecule has 0 N–H and O–H groups in total. The number of nitrogens with zero attached hydrogens (tertiary/aromatic N) is 4. The number of aromatic nitrogens is 4. The first-order valence-corrected chi connectivity index (χ1v) is 8.11. The molecule has 0 radical (unpaired) electrons. The van der Waals surface area contributed by atoms with Crippen LogP contribution in [0, 0.1) is 5.92 Å². The molecule has 1 atom stereocenters. The number of halogens is 1. The molecular weight excluding hydrogens is 288 g/mol. The Balaban J connectivity index is 2.11. The maximum absolute atomic E-state index is 5.95. The molecule has 114 valence electrons. The van der Waals surface area contributed by atoms with Gasteiger partial charge in [-0.25, -0.2) is 9.97 Å². The molecule has 2 heterocycles. The zero-order valence-electron chi connectivity index (χ0n) is 12.5. The van der Waals surface area contributed by atoms with Crippen LogP contribution in [0.5, 0.6) is 5.88 Å². The Bertz CT molecular complexity index is 621. The van der Waals surface area contributed by atoms with E-state index in [0.717, 1.165) is 23.4 Å². The van der Waals surface area contributed by atoms with E-state index in [-0.39, 0.29) is 0 Å². The van der Waals surface area contributed by atoms with Gasteiger partial charge in [-0.3, -0.25) is 0 Å². The van der Waals surface area contributed by atoms with E-state index in [2.05, 4.69) is 21.5 Å². The normalized spacial score (nSPS) is 17.5. The summed E-state index contributed by atoms with van der Waals surface area (Å²) in [5.74, 6) is 2.76. The van der Waals surface area contributed by atoms with Gasteiger partial charge in [0.1, 0.15) is 12.2 Å². The lowest BCUT2D eigenvalue weighted by atomic mass is 9.99. The van der Waals surface area contributed by atoms with Crippen LogP contribution in [0.4, 0.5) is 0 Å². The number of hydrogen-bond acceptors (Lipinski definition) is 4. The number of aryl methyl sites for hydroxylation is 1. The minimum Gasteiger partial charge on any atom is -0.479 e. The van der Waals surface area contributed by atoms with Crippen molar-refractivity contribution in [3.05, 3.63) is 12.2 Å². The maximum Gasteiger partial charge on any atom is 0.245 e. The summed E-state index contributed by atoms with van der Waals surface area (Å²) in [7, 11) is 1.61. The monoisotopic (exact) mass is 308 g/mol. The fourth-order valence-corrected chi connectivity index (χ4v) is 3.59. The van der Waals surface area contributed by atoms with Crippen LogP contribution in [0.25, 0.3) is 11.2 Å². The van der Waals surface area contributed by atoms with Crippen molar-refractivity contribution >= 4 is 22.8 Å². The molecule has 0 bridgehead atoms. The van der Waals surface area contributed by atoms with Gasteiger partial charge in [0.25, 0.3) is 0 Å². The highest BCUT2D eigenvalue weighted by molar-refractivity contribution is 6.17. The van der Waals surface area contributed by atoms with Gasteiger partial charge in [-0.1, -0.05) is 12.8 Å². The average Bonchev–Trinajstić information content (AvgIpc) is 3.14. The molecule has 21 heavy (non-hydrogen) atoms. The largest absolute Gasteiger partial charge is 0.479 e. The summed E-state index contributed by atoms with van der Waals surface area (Å²) in [6.07, 6.45) is 7.49. The van der Waals surface area contributed by atoms with Gasteiger partial charge >= 0.3 is 0 Å². The topological polar surface area (TPSA) is 52.8 Å². The van der Waals surface area contributed by atoms with Gasteiger partial charge < -0.3 is 9.30 Å². The molecule has 1 saturated carbocycles. The summed E-state index contributed by atoms with van der Waals surface area (Å²) >= 11 is 5.95. The number of alkyl halides is 1. The van der Waals surface area contributed by atoms with E-state index in [1.807, 2.05) is 0 Å². The van der Waals surface area contributed by atoms with Gasteiger partial charge in [0.15, 0.2) is 11.2 Å². The first kappa shape index (κ1) is 14.6. The Morgan fingerprint density at radius 2 is 2.14 bits per heavy atom. The Kier molecular flexibility index (Phi) is 4.29. The standard InChI is InChI=1S/C15H21ClN4O/c1-10(11-5-3-4-6-11)20-12(7-8-16)19-13-14(20)17-9-18-15(13)21-2/h9-11H,3-8H2,1-2H3. The van der Waals surface area contributed by atoms with Crippen LogP contribution in [-0.4, -0.2) is 32.5 Å². The summed E-state index contributed by atoms with van der Waals surface area (Å²) in [6, 6.07) is 0.385. The number of methoxy groups -OCH3 is 1. The van der Waals surface area contributed by atoms with Crippen molar-refractivity contribution in [2.75, 3.05) is 13.0 Å². The second-order valence-electron chi connectivity index (χ2n) is 5.68. The fourth-order valence-electron chi connectivity index (χ4n) is 3.42. The summed E-state index contributed by atoms with van der Waals surface area (Å²) in [6.45, 7) is 2.27. The Labute approximate surface area is 129 Å². The quantitative estimate of drug-likeness (QED) is 0.795. The molecule has 1 unspecified atom stereocenters. The van der Waals surface area contributed by atoms with Crippen LogP contribution in [-0.2, 0) is 6.42 Å². The van der Waals surface area contributed by atoms with Crippen molar-refractivity contribution in [1.29, 1.82) is 0 Å². The number of hydrogen-bond donors (Lipinski definition) is 0. The SMILES string of the molecule is COc1ncnc2c1nc(CCCl)n2C(C)C1CCCC1. The molecule has 1 fully saturated rings. The van der Waals surface area contributed by atoms with Gasteiger partial charge in [0.2, 0.25) is 5.88 Å². The van der Waals surface area contributed by atoms with Crippen LogP contribution in [0.15, 0.2) is 6.33 Å². The zero-order valence-corrected chi connectivity index (χ0v) is 13.3. The van der Waals surface area contributed by atoms with Crippen LogP contribution in [0.1, 0.15) is 44.5 Å². The first-order valence-electron chi connectivity index (χ1n) is 7.58. The summed E-state index contributed by atoms with van der Waals surface area (Å²) < 4.78 is 7.57. The van der Waals surface area contributed by atoms with Crippen LogP contribution < -0.4 is 4.74 Å². The third kappa shape index (κ3) is 2.59. The number of fused-ring (bicyclic) bond motifs is 1. The summed E-state index contributed by atoms with van der Waals surface area (Å²) in [4.78, 5) is 13.3. The molecule has 0 aliphatic heterocycles. The van der Waals surface area contributed by atoms with E-state index in [4.69, 9.17) is 21.3 Å². The van der Waals surface area contributed by atoms with Crippen molar-refractivity contribution in [3.8, 4) is 5.88 Å². The molecule has 1 aliphatic carbocycles. The van der Waals surface area contributed by atoms with Gasteiger partial charge in [0, 0.05) is 18.3 Å². The van der Waals surface area contributed by atoms with Crippen LogP contribution >= 0.6 is 11.6 Å². The van der Waals surface area contributed by atoms with Crippen LogP contribution in [0.2, 0.25) is 0 Å². The third-order valence-corrected chi connectivity index (χ3v) is 4.71. The Morgan fingerprint density at radius 1 is 1.38 bits per heavy atom. The summed E-state index contributed by atoms with van der Waals surface area (Å²) in [5.41, 5.74) is 1.60. The van der Waals surface area contributed by atoms with Crippen molar-refractivity contribution in [1.82, 2.24) is 19.5 Å². The molecule has 0 amide bonds. The maximum atomic E-state index is 5.95. The highest BCUT2D eigenvalue weighted by Gasteiger charge is 2.27. The predicted molar refractivity (Wildman–Crippen MR) is 83.0 cm³/mol. The fraction of sp³-hybridized carbons (Fsp3) is 0.667. The van der Waals surface area contributed by atoms with Gasteiger partial charge in [0.05, 0.1) is 7.11 Å². The van der Waals surface area contributed by atoms with Crippen molar-refractivity contribution in [2.45, 2.75) is 45.1 Å². The van der Waals surface area contributed by atoms with Gasteiger partial charge in [-0.2, -0.15) is 4.98 Å². The molecule has 3 rings (SSSR count). The number of imidazole rings is 1. The second-order valence-corrected chi connectivity index (χ2v) is 6.06. The third-order valence-electron chi connectivity index (χ3n) is 4.52. The second kappa shape index (κ2) is 6.18. The van der Waals surface area contributed by atoms with Crippen molar-refractivity contribution in [3.63, 3.8) is 0 Å².